The fourth-order valence-corrected chi connectivity index (χ4v) is 2.16. The van der Waals surface area contributed by atoms with Gasteiger partial charge in [-0.1, -0.05) is 40.2 Å². The van der Waals surface area contributed by atoms with Crippen LogP contribution in [0, 0.1) is 0 Å². The zero-order chi connectivity index (χ0) is 14.5. The van der Waals surface area contributed by atoms with Crippen molar-refractivity contribution < 1.29 is 9.53 Å². The molecule has 2 aromatic rings. The Morgan fingerprint density at radius 2 is 1.85 bits per heavy atom. The molecule has 0 aliphatic rings. The summed E-state index contributed by atoms with van der Waals surface area (Å²) < 4.78 is 6.20. The first-order valence-electron chi connectivity index (χ1n) is 6.06. The lowest BCUT2D eigenvalue weighted by atomic mass is 10.1. The van der Waals surface area contributed by atoms with Crippen LogP contribution in [0.2, 0.25) is 0 Å². The summed E-state index contributed by atoms with van der Waals surface area (Å²) in [6.07, 6.45) is 0. The molecule has 2 aromatic carbocycles. The van der Waals surface area contributed by atoms with E-state index in [0.29, 0.717) is 5.75 Å². The van der Waals surface area contributed by atoms with Gasteiger partial charge in [0.05, 0.1) is 12.8 Å². The summed E-state index contributed by atoms with van der Waals surface area (Å²) in [5, 5.41) is 3.12. The highest BCUT2D eigenvalue weighted by Crippen LogP contribution is 2.28. The first-order chi connectivity index (χ1) is 9.61. The van der Waals surface area contributed by atoms with Crippen molar-refractivity contribution in [1.82, 2.24) is 0 Å². The number of anilines is 1. The molecule has 104 valence electrons. The Labute approximate surface area is 126 Å². The van der Waals surface area contributed by atoms with Gasteiger partial charge in [-0.05, 0) is 29.8 Å². The molecule has 5 heteroatoms. The van der Waals surface area contributed by atoms with Gasteiger partial charge in [0.1, 0.15) is 11.8 Å². The molecule has 0 aromatic heterocycles. The van der Waals surface area contributed by atoms with Crippen LogP contribution < -0.4 is 15.8 Å². The second-order valence-corrected chi connectivity index (χ2v) is 5.15. The number of methoxy groups -OCH3 is 1. The number of para-hydroxylation sites is 2. The van der Waals surface area contributed by atoms with E-state index < -0.39 is 11.9 Å². The fourth-order valence-electron chi connectivity index (χ4n) is 1.89. The van der Waals surface area contributed by atoms with E-state index in [1.807, 2.05) is 48.5 Å². The molecule has 1 amide bonds. The van der Waals surface area contributed by atoms with E-state index in [4.69, 9.17) is 10.5 Å². The number of hydrogen-bond donors (Lipinski definition) is 2. The van der Waals surface area contributed by atoms with E-state index in [1.54, 1.807) is 7.11 Å². The van der Waals surface area contributed by atoms with Crippen LogP contribution in [0.4, 0.5) is 5.69 Å². The van der Waals surface area contributed by atoms with E-state index in [9.17, 15) is 4.79 Å². The molecular formula is C15H15BrN2O2. The zero-order valence-electron chi connectivity index (χ0n) is 11.0. The number of nitrogens with one attached hydrogen (secondary N) is 1. The number of carbonyl (C=O) groups is 1. The van der Waals surface area contributed by atoms with Crippen LogP contribution in [0.15, 0.2) is 53.0 Å². The van der Waals surface area contributed by atoms with Crippen molar-refractivity contribution in [3.05, 3.63) is 58.6 Å². The molecule has 1 unspecified atom stereocenters. The molecule has 0 bridgehead atoms. The summed E-state index contributed by atoms with van der Waals surface area (Å²) in [4.78, 5) is 11.7. The number of hydrogen-bond acceptors (Lipinski definition) is 3. The molecule has 0 aliphatic carbocycles. The number of nitrogens with two attached hydrogens (primary N) is 1. The van der Waals surface area contributed by atoms with Crippen LogP contribution in [-0.4, -0.2) is 13.0 Å². The quantitative estimate of drug-likeness (QED) is 0.883. The predicted molar refractivity (Wildman–Crippen MR) is 82.7 cm³/mol. The van der Waals surface area contributed by atoms with Gasteiger partial charge < -0.3 is 15.8 Å². The monoisotopic (exact) mass is 334 g/mol. The number of rotatable bonds is 5. The normalized spacial score (nSPS) is 11.7. The number of primary amides is 1. The van der Waals surface area contributed by atoms with E-state index >= 15 is 0 Å². The Hall–Kier alpha value is -2.01. The van der Waals surface area contributed by atoms with E-state index in [0.717, 1.165) is 15.7 Å². The van der Waals surface area contributed by atoms with Crippen molar-refractivity contribution in [2.24, 2.45) is 5.73 Å². The molecule has 0 spiro atoms. The third-order valence-electron chi connectivity index (χ3n) is 2.89. The Kier molecular flexibility index (Phi) is 4.63. The molecule has 0 fully saturated rings. The van der Waals surface area contributed by atoms with Gasteiger partial charge in [0, 0.05) is 4.47 Å². The van der Waals surface area contributed by atoms with Crippen molar-refractivity contribution in [3.63, 3.8) is 0 Å². The van der Waals surface area contributed by atoms with Crippen molar-refractivity contribution in [2.75, 3.05) is 12.4 Å². The first kappa shape index (κ1) is 14.4. The van der Waals surface area contributed by atoms with Gasteiger partial charge in [-0.3, -0.25) is 4.79 Å². The van der Waals surface area contributed by atoms with Crippen LogP contribution in [0.5, 0.6) is 5.75 Å². The van der Waals surface area contributed by atoms with E-state index in [2.05, 4.69) is 21.2 Å². The lowest BCUT2D eigenvalue weighted by Crippen LogP contribution is -2.27. The maximum atomic E-state index is 11.7. The smallest absolute Gasteiger partial charge is 0.244 e. The van der Waals surface area contributed by atoms with Gasteiger partial charge in [0.25, 0.3) is 0 Å². The molecule has 1 atom stereocenters. The molecular weight excluding hydrogens is 320 g/mol. The minimum atomic E-state index is -0.612. The molecule has 0 aliphatic heterocycles. The Bertz CT molecular complexity index is 599. The predicted octanol–water partition coefficient (Wildman–Crippen LogP) is 3.10. The highest BCUT2D eigenvalue weighted by Gasteiger charge is 2.18. The molecule has 2 rings (SSSR count). The Balaban J connectivity index is 2.30. The topological polar surface area (TPSA) is 64.3 Å². The molecule has 0 saturated carbocycles. The lowest BCUT2D eigenvalue weighted by molar-refractivity contribution is -0.118. The van der Waals surface area contributed by atoms with Gasteiger partial charge in [-0.15, -0.1) is 0 Å². The first-order valence-corrected chi connectivity index (χ1v) is 6.85. The van der Waals surface area contributed by atoms with Gasteiger partial charge in [0.15, 0.2) is 0 Å². The molecule has 0 radical (unpaired) electrons. The third-order valence-corrected chi connectivity index (χ3v) is 3.42. The number of amides is 1. The highest BCUT2D eigenvalue weighted by molar-refractivity contribution is 9.10. The van der Waals surface area contributed by atoms with Crippen LogP contribution in [-0.2, 0) is 4.79 Å². The summed E-state index contributed by atoms with van der Waals surface area (Å²) in [5.74, 6) is 0.217. The Morgan fingerprint density at radius 3 is 2.45 bits per heavy atom. The average molecular weight is 335 g/mol. The standard InChI is InChI=1S/C15H15BrN2O2/c1-20-13-5-3-2-4-12(13)18-14(15(17)19)10-6-8-11(16)9-7-10/h2-9,14,18H,1H3,(H2,17,19). The summed E-state index contributed by atoms with van der Waals surface area (Å²) in [6, 6.07) is 14.2. The second-order valence-electron chi connectivity index (χ2n) is 4.23. The molecule has 4 nitrogen and oxygen atoms in total. The van der Waals surface area contributed by atoms with Crippen LogP contribution >= 0.6 is 15.9 Å². The van der Waals surface area contributed by atoms with Crippen LogP contribution in [0.3, 0.4) is 0 Å². The summed E-state index contributed by atoms with van der Waals surface area (Å²) in [6.45, 7) is 0. The largest absolute Gasteiger partial charge is 0.495 e. The third kappa shape index (κ3) is 3.30. The second kappa shape index (κ2) is 6.43. The summed E-state index contributed by atoms with van der Waals surface area (Å²) in [7, 11) is 1.58. The molecule has 3 N–H and O–H groups in total. The van der Waals surface area contributed by atoms with E-state index in [-0.39, 0.29) is 0 Å². The van der Waals surface area contributed by atoms with Crippen molar-refractivity contribution in [2.45, 2.75) is 6.04 Å². The van der Waals surface area contributed by atoms with Crippen molar-refractivity contribution in [1.29, 1.82) is 0 Å². The summed E-state index contributed by atoms with van der Waals surface area (Å²) >= 11 is 3.36. The fraction of sp³-hybridized carbons (Fsp3) is 0.133. The highest BCUT2D eigenvalue weighted by atomic mass is 79.9. The maximum Gasteiger partial charge on any atom is 0.244 e. The number of ether oxygens (including phenoxy) is 1. The van der Waals surface area contributed by atoms with Gasteiger partial charge >= 0.3 is 0 Å². The Morgan fingerprint density at radius 1 is 1.20 bits per heavy atom. The van der Waals surface area contributed by atoms with Gasteiger partial charge in [-0.2, -0.15) is 0 Å². The maximum absolute atomic E-state index is 11.7. The molecule has 20 heavy (non-hydrogen) atoms. The lowest BCUT2D eigenvalue weighted by Gasteiger charge is -2.19. The minimum absolute atomic E-state index is 0.446. The van der Waals surface area contributed by atoms with Gasteiger partial charge in [0.2, 0.25) is 5.91 Å². The van der Waals surface area contributed by atoms with E-state index in [1.165, 1.54) is 0 Å². The molecule has 0 heterocycles. The number of benzene rings is 2. The SMILES string of the molecule is COc1ccccc1NC(C(N)=O)c1ccc(Br)cc1. The zero-order valence-corrected chi connectivity index (χ0v) is 12.6. The summed E-state index contributed by atoms with van der Waals surface area (Å²) in [5.41, 5.74) is 7.01. The van der Waals surface area contributed by atoms with Crippen molar-refractivity contribution in [3.8, 4) is 5.75 Å². The van der Waals surface area contributed by atoms with Crippen molar-refractivity contribution >= 4 is 27.5 Å². The minimum Gasteiger partial charge on any atom is -0.495 e. The van der Waals surface area contributed by atoms with Crippen LogP contribution in [0.1, 0.15) is 11.6 Å². The van der Waals surface area contributed by atoms with Crippen LogP contribution in [0.25, 0.3) is 0 Å². The average Bonchev–Trinajstić information content (AvgIpc) is 2.46. The number of carbonyl (C=O) groups excluding carboxylic acids is 1. The molecule has 0 saturated heterocycles. The van der Waals surface area contributed by atoms with Gasteiger partial charge in [-0.25, -0.2) is 0 Å². The number of halogens is 1.